The number of hydrogen-bond acceptors (Lipinski definition) is 4. The first-order valence-corrected chi connectivity index (χ1v) is 6.48. The molecule has 0 unspecified atom stereocenters. The smallest absolute Gasteiger partial charge is 0.352 e. The molecule has 8 heteroatoms. The van der Waals surface area contributed by atoms with E-state index < -0.39 is 5.97 Å². The number of carboxylic acid groups (broad SMARTS) is 1. The second-order valence-corrected chi connectivity index (χ2v) is 4.86. The highest BCUT2D eigenvalue weighted by Gasteiger charge is 2.16. The van der Waals surface area contributed by atoms with Gasteiger partial charge in [-0.2, -0.15) is 5.10 Å². The lowest BCUT2D eigenvalue weighted by Gasteiger charge is -2.06. The summed E-state index contributed by atoms with van der Waals surface area (Å²) >= 11 is 0. The quantitative estimate of drug-likeness (QED) is 0.632. The average Bonchev–Trinajstić information content (AvgIpc) is 3.01. The molecule has 1 amide bonds. The zero-order valence-corrected chi connectivity index (χ0v) is 11.9. The summed E-state index contributed by atoms with van der Waals surface area (Å²) in [6.45, 7) is 1.87. The average molecular weight is 299 g/mol. The first-order valence-electron chi connectivity index (χ1n) is 6.48. The molecule has 0 bridgehead atoms. The molecule has 0 aliphatic carbocycles. The fourth-order valence-corrected chi connectivity index (χ4v) is 2.43. The number of nitrogens with one attached hydrogen (secondary N) is 2. The summed E-state index contributed by atoms with van der Waals surface area (Å²) in [5.74, 6) is -0.745. The number of anilines is 1. The number of amides is 1. The van der Waals surface area contributed by atoms with Gasteiger partial charge in [0.2, 0.25) is 6.41 Å². The van der Waals surface area contributed by atoms with Crippen molar-refractivity contribution in [3.63, 3.8) is 0 Å². The lowest BCUT2D eigenvalue weighted by Crippen LogP contribution is -2.00. The van der Waals surface area contributed by atoms with Crippen LogP contribution in [0, 0.1) is 6.92 Å². The monoisotopic (exact) mass is 299 g/mol. The molecule has 0 aliphatic rings. The molecule has 8 nitrogen and oxygen atoms in total. The van der Waals surface area contributed by atoms with Gasteiger partial charge in [-0.3, -0.25) is 9.48 Å². The SMILES string of the molecule is Cc1cc(-c2cc(NC=O)nc3[nH]c(C(=O)O)cc23)n(C)n1. The molecular weight excluding hydrogens is 286 g/mol. The lowest BCUT2D eigenvalue weighted by molar-refractivity contribution is -0.105. The minimum absolute atomic E-state index is 0.0332. The van der Waals surface area contributed by atoms with Gasteiger partial charge in [0.05, 0.1) is 11.4 Å². The molecular formula is C14H13N5O3. The predicted octanol–water partition coefficient (Wildman–Crippen LogP) is 1.54. The van der Waals surface area contributed by atoms with E-state index in [0.717, 1.165) is 17.0 Å². The van der Waals surface area contributed by atoms with Gasteiger partial charge in [-0.15, -0.1) is 0 Å². The Balaban J connectivity index is 2.32. The summed E-state index contributed by atoms with van der Waals surface area (Å²) in [6, 6.07) is 5.09. The van der Waals surface area contributed by atoms with Crippen LogP contribution in [0.25, 0.3) is 22.3 Å². The van der Waals surface area contributed by atoms with E-state index >= 15 is 0 Å². The molecule has 0 radical (unpaired) electrons. The maximum atomic E-state index is 11.2. The maximum absolute atomic E-state index is 11.2. The minimum atomic E-state index is -1.07. The van der Waals surface area contributed by atoms with E-state index in [4.69, 9.17) is 5.11 Å². The van der Waals surface area contributed by atoms with Crippen molar-refractivity contribution in [2.75, 3.05) is 5.32 Å². The fraction of sp³-hybridized carbons (Fsp3) is 0.143. The zero-order chi connectivity index (χ0) is 15.9. The Morgan fingerprint density at radius 2 is 2.18 bits per heavy atom. The van der Waals surface area contributed by atoms with Crippen molar-refractivity contribution < 1.29 is 14.7 Å². The summed E-state index contributed by atoms with van der Waals surface area (Å²) in [7, 11) is 1.80. The first kappa shape index (κ1) is 13.8. The van der Waals surface area contributed by atoms with Crippen LogP contribution in [-0.4, -0.2) is 37.2 Å². The van der Waals surface area contributed by atoms with Crippen LogP contribution in [0.4, 0.5) is 5.82 Å². The van der Waals surface area contributed by atoms with Gasteiger partial charge in [-0.25, -0.2) is 9.78 Å². The molecule has 3 heterocycles. The number of hydrogen-bond donors (Lipinski definition) is 3. The molecule has 0 aliphatic heterocycles. The van der Waals surface area contributed by atoms with Gasteiger partial charge in [0, 0.05) is 18.0 Å². The molecule has 3 rings (SSSR count). The lowest BCUT2D eigenvalue weighted by atomic mass is 10.1. The van der Waals surface area contributed by atoms with Gasteiger partial charge in [0.15, 0.2) is 0 Å². The Morgan fingerprint density at radius 3 is 2.77 bits per heavy atom. The summed E-state index contributed by atoms with van der Waals surface area (Å²) in [4.78, 5) is 28.8. The predicted molar refractivity (Wildman–Crippen MR) is 79.7 cm³/mol. The summed E-state index contributed by atoms with van der Waals surface area (Å²) in [5.41, 5.74) is 2.79. The molecule has 112 valence electrons. The molecule has 0 aromatic carbocycles. The Bertz CT molecular complexity index is 893. The number of aromatic amines is 1. The summed E-state index contributed by atoms with van der Waals surface area (Å²) < 4.78 is 1.70. The molecule has 0 fully saturated rings. The number of carbonyl (C=O) groups is 2. The van der Waals surface area contributed by atoms with Crippen LogP contribution in [0.1, 0.15) is 16.2 Å². The minimum Gasteiger partial charge on any atom is -0.477 e. The third-order valence-corrected chi connectivity index (χ3v) is 3.32. The van der Waals surface area contributed by atoms with E-state index in [-0.39, 0.29) is 5.69 Å². The van der Waals surface area contributed by atoms with Gasteiger partial charge in [0.25, 0.3) is 0 Å². The molecule has 3 aromatic heterocycles. The van der Waals surface area contributed by atoms with Crippen molar-refractivity contribution in [1.82, 2.24) is 19.7 Å². The van der Waals surface area contributed by atoms with E-state index in [0.29, 0.717) is 23.3 Å². The number of aromatic nitrogens is 4. The van der Waals surface area contributed by atoms with Crippen LogP contribution in [0.3, 0.4) is 0 Å². The Morgan fingerprint density at radius 1 is 1.41 bits per heavy atom. The Labute approximate surface area is 124 Å². The van der Waals surface area contributed by atoms with Crippen LogP contribution in [-0.2, 0) is 11.8 Å². The van der Waals surface area contributed by atoms with E-state index in [1.54, 1.807) is 17.8 Å². The number of H-pyrrole nitrogens is 1. The second kappa shape index (κ2) is 4.99. The molecule has 22 heavy (non-hydrogen) atoms. The van der Waals surface area contributed by atoms with E-state index in [9.17, 15) is 9.59 Å². The van der Waals surface area contributed by atoms with Crippen LogP contribution in [0.2, 0.25) is 0 Å². The number of nitrogens with zero attached hydrogens (tertiary/aromatic N) is 3. The molecule has 0 atom stereocenters. The van der Waals surface area contributed by atoms with Crippen molar-refractivity contribution in [1.29, 1.82) is 0 Å². The number of fused-ring (bicyclic) bond motifs is 1. The van der Waals surface area contributed by atoms with E-state index in [2.05, 4.69) is 20.4 Å². The second-order valence-electron chi connectivity index (χ2n) is 4.86. The van der Waals surface area contributed by atoms with Gasteiger partial charge >= 0.3 is 5.97 Å². The van der Waals surface area contributed by atoms with Crippen LogP contribution < -0.4 is 5.32 Å². The fourth-order valence-electron chi connectivity index (χ4n) is 2.43. The summed E-state index contributed by atoms with van der Waals surface area (Å²) in [6.07, 6.45) is 0.521. The highest BCUT2D eigenvalue weighted by molar-refractivity contribution is 6.00. The zero-order valence-electron chi connectivity index (χ0n) is 11.9. The van der Waals surface area contributed by atoms with Gasteiger partial charge in [0.1, 0.15) is 17.2 Å². The number of rotatable bonds is 4. The van der Waals surface area contributed by atoms with Crippen molar-refractivity contribution in [2.24, 2.45) is 7.05 Å². The van der Waals surface area contributed by atoms with Crippen molar-refractivity contribution >= 4 is 29.2 Å². The Hall–Kier alpha value is -3.16. The van der Waals surface area contributed by atoms with Crippen molar-refractivity contribution in [3.05, 3.63) is 29.6 Å². The van der Waals surface area contributed by atoms with E-state index in [1.165, 1.54) is 6.07 Å². The molecule has 3 aromatic rings. The third kappa shape index (κ3) is 2.20. The Kier molecular flexibility index (Phi) is 3.13. The molecule has 3 N–H and O–H groups in total. The number of carboxylic acids is 1. The highest BCUT2D eigenvalue weighted by atomic mass is 16.4. The summed E-state index contributed by atoms with van der Waals surface area (Å²) in [5, 5.41) is 16.6. The number of carbonyl (C=O) groups excluding carboxylic acids is 1. The van der Waals surface area contributed by atoms with Gasteiger partial charge in [-0.05, 0) is 25.1 Å². The van der Waals surface area contributed by atoms with Gasteiger partial charge < -0.3 is 15.4 Å². The first-order chi connectivity index (χ1) is 10.5. The number of aryl methyl sites for hydroxylation is 2. The topological polar surface area (TPSA) is 113 Å². The number of aromatic carboxylic acids is 1. The standard InChI is InChI=1S/C14H13N5O3/c1-7-3-11(19(2)18-7)8-5-12(15-6-20)17-13-9(8)4-10(16-13)14(21)22/h3-6H,1-2H3,(H,21,22)(H2,15,16,17,20). The van der Waals surface area contributed by atoms with Crippen molar-refractivity contribution in [3.8, 4) is 11.3 Å². The van der Waals surface area contributed by atoms with Crippen LogP contribution in [0.5, 0.6) is 0 Å². The van der Waals surface area contributed by atoms with Crippen LogP contribution >= 0.6 is 0 Å². The molecule has 0 saturated heterocycles. The van der Waals surface area contributed by atoms with Crippen molar-refractivity contribution in [2.45, 2.75) is 6.92 Å². The highest BCUT2D eigenvalue weighted by Crippen LogP contribution is 2.31. The van der Waals surface area contributed by atoms with Gasteiger partial charge in [-0.1, -0.05) is 0 Å². The van der Waals surface area contributed by atoms with Crippen LogP contribution in [0.15, 0.2) is 18.2 Å². The molecule has 0 spiro atoms. The third-order valence-electron chi connectivity index (χ3n) is 3.32. The molecule has 0 saturated carbocycles. The normalized spacial score (nSPS) is 10.8. The maximum Gasteiger partial charge on any atom is 0.352 e. The van der Waals surface area contributed by atoms with E-state index in [1.807, 2.05) is 13.0 Å². The largest absolute Gasteiger partial charge is 0.477 e. The number of pyridine rings is 1.